The molecule has 1 aromatic heterocycles. The molecular weight excluding hydrogens is 262 g/mol. The lowest BCUT2D eigenvalue weighted by atomic mass is 10.2. The third-order valence-electron chi connectivity index (χ3n) is 2.71. The zero-order valence-corrected chi connectivity index (χ0v) is 10.9. The number of benzene rings is 1. The van der Waals surface area contributed by atoms with E-state index in [1.54, 1.807) is 25.1 Å². The van der Waals surface area contributed by atoms with Crippen LogP contribution in [0.1, 0.15) is 11.7 Å². The van der Waals surface area contributed by atoms with Crippen molar-refractivity contribution < 1.29 is 18.8 Å². The highest BCUT2D eigenvalue weighted by Gasteiger charge is 2.14. The number of rotatable bonds is 3. The van der Waals surface area contributed by atoms with E-state index in [0.29, 0.717) is 42.1 Å². The molecule has 0 saturated heterocycles. The fourth-order valence-electron chi connectivity index (χ4n) is 1.88. The van der Waals surface area contributed by atoms with Gasteiger partial charge in [0, 0.05) is 18.7 Å². The Kier molecular flexibility index (Phi) is 3.24. The van der Waals surface area contributed by atoms with Gasteiger partial charge in [-0.25, -0.2) is 0 Å². The Morgan fingerprint density at radius 2 is 2.10 bits per heavy atom. The summed E-state index contributed by atoms with van der Waals surface area (Å²) in [6, 6.07) is 5.25. The Morgan fingerprint density at radius 1 is 1.30 bits per heavy atom. The van der Waals surface area contributed by atoms with Gasteiger partial charge in [0.1, 0.15) is 13.2 Å². The predicted molar refractivity (Wildman–Crippen MR) is 68.8 cm³/mol. The highest BCUT2D eigenvalue weighted by atomic mass is 16.6. The lowest BCUT2D eigenvalue weighted by molar-refractivity contribution is -0.115. The molecule has 1 amide bonds. The molecule has 7 nitrogen and oxygen atoms in total. The van der Waals surface area contributed by atoms with Crippen molar-refractivity contribution in [3.63, 3.8) is 0 Å². The fourth-order valence-corrected chi connectivity index (χ4v) is 1.88. The van der Waals surface area contributed by atoms with Crippen LogP contribution in [0.2, 0.25) is 0 Å². The molecule has 1 aromatic carbocycles. The predicted octanol–water partition coefficient (Wildman–Crippen LogP) is 1.33. The Hall–Kier alpha value is -2.57. The molecule has 2 heterocycles. The van der Waals surface area contributed by atoms with Crippen LogP contribution >= 0.6 is 0 Å². The SMILES string of the molecule is Cc1nc(CC(=O)Nc2ccc3c(c2)OCCO3)no1. The number of nitrogens with one attached hydrogen (secondary N) is 1. The number of nitrogens with zero attached hydrogens (tertiary/aromatic N) is 2. The number of anilines is 1. The number of hydrogen-bond acceptors (Lipinski definition) is 6. The zero-order valence-electron chi connectivity index (χ0n) is 10.9. The summed E-state index contributed by atoms with van der Waals surface area (Å²) in [4.78, 5) is 15.8. The summed E-state index contributed by atoms with van der Waals surface area (Å²) in [5, 5.41) is 6.43. The van der Waals surface area contributed by atoms with Gasteiger partial charge in [0.05, 0.1) is 6.42 Å². The van der Waals surface area contributed by atoms with Crippen molar-refractivity contribution in [1.82, 2.24) is 10.1 Å². The number of carbonyl (C=O) groups is 1. The van der Waals surface area contributed by atoms with E-state index in [0.717, 1.165) is 0 Å². The summed E-state index contributed by atoms with van der Waals surface area (Å²) >= 11 is 0. The summed E-state index contributed by atoms with van der Waals surface area (Å²) in [6.07, 6.45) is 0.0613. The van der Waals surface area contributed by atoms with Gasteiger partial charge in [-0.2, -0.15) is 4.98 Å². The molecule has 0 unspecified atom stereocenters. The summed E-state index contributed by atoms with van der Waals surface area (Å²) in [7, 11) is 0. The molecule has 0 fully saturated rings. The molecule has 0 aliphatic carbocycles. The van der Waals surface area contributed by atoms with E-state index in [9.17, 15) is 4.79 Å². The van der Waals surface area contributed by atoms with Crippen molar-refractivity contribution in [1.29, 1.82) is 0 Å². The average molecular weight is 275 g/mol. The topological polar surface area (TPSA) is 86.5 Å². The average Bonchev–Trinajstić information content (AvgIpc) is 2.83. The van der Waals surface area contributed by atoms with Crippen molar-refractivity contribution >= 4 is 11.6 Å². The second kappa shape index (κ2) is 5.20. The normalized spacial score (nSPS) is 13.1. The number of aryl methyl sites for hydroxylation is 1. The van der Waals surface area contributed by atoms with Gasteiger partial charge < -0.3 is 19.3 Å². The smallest absolute Gasteiger partial charge is 0.232 e. The zero-order chi connectivity index (χ0) is 13.9. The molecule has 20 heavy (non-hydrogen) atoms. The molecule has 2 aromatic rings. The van der Waals surface area contributed by atoms with Crippen molar-refractivity contribution in [2.75, 3.05) is 18.5 Å². The van der Waals surface area contributed by atoms with Gasteiger partial charge in [-0.1, -0.05) is 5.16 Å². The maximum atomic E-state index is 11.9. The Morgan fingerprint density at radius 3 is 2.85 bits per heavy atom. The summed E-state index contributed by atoms with van der Waals surface area (Å²) in [6.45, 7) is 2.72. The highest BCUT2D eigenvalue weighted by molar-refractivity contribution is 5.92. The molecule has 7 heteroatoms. The van der Waals surface area contributed by atoms with Crippen LogP contribution in [0, 0.1) is 6.92 Å². The molecule has 1 N–H and O–H groups in total. The third-order valence-corrected chi connectivity index (χ3v) is 2.71. The molecule has 0 atom stereocenters. The second-order valence-electron chi connectivity index (χ2n) is 4.31. The van der Waals surface area contributed by atoms with Gasteiger partial charge >= 0.3 is 0 Å². The minimum atomic E-state index is -0.220. The Labute approximate surface area is 114 Å². The van der Waals surface area contributed by atoms with Gasteiger partial charge in [-0.15, -0.1) is 0 Å². The monoisotopic (exact) mass is 275 g/mol. The van der Waals surface area contributed by atoms with Gasteiger partial charge in [-0.05, 0) is 12.1 Å². The maximum Gasteiger partial charge on any atom is 0.232 e. The third kappa shape index (κ3) is 2.71. The molecule has 0 radical (unpaired) electrons. The van der Waals surface area contributed by atoms with Crippen LogP contribution < -0.4 is 14.8 Å². The van der Waals surface area contributed by atoms with Crippen LogP contribution in [-0.2, 0) is 11.2 Å². The number of amides is 1. The van der Waals surface area contributed by atoms with Crippen molar-refractivity contribution in [3.8, 4) is 11.5 Å². The van der Waals surface area contributed by atoms with E-state index in [-0.39, 0.29) is 12.3 Å². The number of fused-ring (bicyclic) bond motifs is 1. The van der Waals surface area contributed by atoms with Crippen LogP contribution in [0.3, 0.4) is 0 Å². The molecule has 0 bridgehead atoms. The minimum Gasteiger partial charge on any atom is -0.486 e. The van der Waals surface area contributed by atoms with Crippen LogP contribution in [0.25, 0.3) is 0 Å². The maximum absolute atomic E-state index is 11.9. The van der Waals surface area contributed by atoms with Crippen molar-refractivity contribution in [2.24, 2.45) is 0 Å². The van der Waals surface area contributed by atoms with Gasteiger partial charge in [0.2, 0.25) is 11.8 Å². The second-order valence-corrected chi connectivity index (χ2v) is 4.31. The van der Waals surface area contributed by atoms with Gasteiger partial charge in [0.25, 0.3) is 0 Å². The largest absolute Gasteiger partial charge is 0.486 e. The molecule has 104 valence electrons. The first-order valence-electron chi connectivity index (χ1n) is 6.19. The van der Waals surface area contributed by atoms with E-state index in [2.05, 4.69) is 15.5 Å². The molecule has 1 aliphatic rings. The number of aromatic nitrogens is 2. The standard InChI is InChI=1S/C13H13N3O4/c1-8-14-12(16-20-8)7-13(17)15-9-2-3-10-11(6-9)19-5-4-18-10/h2-3,6H,4-5,7H2,1H3,(H,15,17). The van der Waals surface area contributed by atoms with Crippen LogP contribution in [0.4, 0.5) is 5.69 Å². The van der Waals surface area contributed by atoms with Crippen LogP contribution in [-0.4, -0.2) is 29.3 Å². The molecular formula is C13H13N3O4. The van der Waals surface area contributed by atoms with E-state index < -0.39 is 0 Å². The summed E-state index contributed by atoms with van der Waals surface area (Å²) in [5.74, 6) is 1.89. The summed E-state index contributed by atoms with van der Waals surface area (Å²) in [5.41, 5.74) is 0.638. The van der Waals surface area contributed by atoms with E-state index >= 15 is 0 Å². The van der Waals surface area contributed by atoms with E-state index in [4.69, 9.17) is 14.0 Å². The lowest BCUT2D eigenvalue weighted by Gasteiger charge is -2.18. The number of carbonyl (C=O) groups excluding carboxylic acids is 1. The summed E-state index contributed by atoms with van der Waals surface area (Å²) < 4.78 is 15.7. The van der Waals surface area contributed by atoms with Crippen LogP contribution in [0.5, 0.6) is 11.5 Å². The van der Waals surface area contributed by atoms with Crippen LogP contribution in [0.15, 0.2) is 22.7 Å². The quantitative estimate of drug-likeness (QED) is 0.909. The number of ether oxygens (including phenoxy) is 2. The number of hydrogen-bond donors (Lipinski definition) is 1. The van der Waals surface area contributed by atoms with Crippen molar-refractivity contribution in [2.45, 2.75) is 13.3 Å². The molecule has 0 spiro atoms. The van der Waals surface area contributed by atoms with Crippen molar-refractivity contribution in [3.05, 3.63) is 29.9 Å². The molecule has 1 aliphatic heterocycles. The molecule has 3 rings (SSSR count). The Balaban J connectivity index is 1.66. The first-order chi connectivity index (χ1) is 9.70. The molecule has 0 saturated carbocycles. The fraction of sp³-hybridized carbons (Fsp3) is 0.308. The lowest BCUT2D eigenvalue weighted by Crippen LogP contribution is -2.17. The first kappa shape index (κ1) is 12.5. The highest BCUT2D eigenvalue weighted by Crippen LogP contribution is 2.32. The van der Waals surface area contributed by atoms with E-state index in [1.807, 2.05) is 0 Å². The van der Waals surface area contributed by atoms with Gasteiger partial charge in [-0.3, -0.25) is 4.79 Å². The van der Waals surface area contributed by atoms with Gasteiger partial charge in [0.15, 0.2) is 17.3 Å². The first-order valence-corrected chi connectivity index (χ1v) is 6.19. The minimum absolute atomic E-state index is 0.0613. The van der Waals surface area contributed by atoms with E-state index in [1.165, 1.54) is 0 Å². The Bertz CT molecular complexity index is 638.